The van der Waals surface area contributed by atoms with Crippen molar-refractivity contribution in [2.75, 3.05) is 18.5 Å². The number of fused-ring (bicyclic) bond motifs is 1. The molecule has 3 heterocycles. The fourth-order valence-corrected chi connectivity index (χ4v) is 3.03. The standard InChI is InChI=1S/C21H22N6O3/c1-2-29-16-7-5-15(6-8-16)21(28)22-9-10-27-20-18(13-26-27)19(24-14-25-20)23-12-17-4-3-11-30-17/h3-8,11,13-14H,2,9-10,12H2,1H3,(H,22,28)(H,23,24,25). The van der Waals surface area contributed by atoms with Gasteiger partial charge in [0.25, 0.3) is 5.91 Å². The van der Waals surface area contributed by atoms with Gasteiger partial charge in [-0.15, -0.1) is 0 Å². The number of hydrogen-bond acceptors (Lipinski definition) is 7. The van der Waals surface area contributed by atoms with Crippen LogP contribution in [0.4, 0.5) is 5.82 Å². The summed E-state index contributed by atoms with van der Waals surface area (Å²) in [6, 6.07) is 10.8. The summed E-state index contributed by atoms with van der Waals surface area (Å²) in [6.07, 6.45) is 4.84. The molecule has 1 amide bonds. The molecule has 4 aromatic rings. The quantitative estimate of drug-likeness (QED) is 0.440. The second kappa shape index (κ2) is 9.08. The molecule has 0 aliphatic carbocycles. The maximum Gasteiger partial charge on any atom is 0.251 e. The Morgan fingerprint density at radius 3 is 2.83 bits per heavy atom. The Kier molecular flexibility index (Phi) is 5.88. The van der Waals surface area contributed by atoms with E-state index in [2.05, 4.69) is 25.7 Å². The van der Waals surface area contributed by atoms with Gasteiger partial charge in [-0.1, -0.05) is 0 Å². The third-order valence-electron chi connectivity index (χ3n) is 4.48. The number of furan rings is 1. The van der Waals surface area contributed by atoms with Gasteiger partial charge in [0.1, 0.15) is 23.7 Å². The lowest BCUT2D eigenvalue weighted by Crippen LogP contribution is -2.27. The van der Waals surface area contributed by atoms with Crippen molar-refractivity contribution in [1.29, 1.82) is 0 Å². The Labute approximate surface area is 173 Å². The SMILES string of the molecule is CCOc1ccc(C(=O)NCCn2ncc3c(NCc4ccco4)ncnc32)cc1. The van der Waals surface area contributed by atoms with Crippen LogP contribution in [0.25, 0.3) is 11.0 Å². The van der Waals surface area contributed by atoms with Crippen LogP contribution in [-0.4, -0.2) is 38.8 Å². The number of nitrogens with one attached hydrogen (secondary N) is 2. The lowest BCUT2D eigenvalue weighted by atomic mass is 10.2. The number of benzene rings is 1. The van der Waals surface area contributed by atoms with Gasteiger partial charge >= 0.3 is 0 Å². The first-order chi connectivity index (χ1) is 14.7. The molecule has 9 heteroatoms. The Balaban J connectivity index is 1.36. The van der Waals surface area contributed by atoms with Crippen molar-refractivity contribution in [3.05, 3.63) is 66.5 Å². The van der Waals surface area contributed by atoms with Gasteiger partial charge in [0.05, 0.1) is 37.5 Å². The van der Waals surface area contributed by atoms with Crippen molar-refractivity contribution >= 4 is 22.8 Å². The summed E-state index contributed by atoms with van der Waals surface area (Å²) < 4.78 is 12.5. The number of nitrogens with zero attached hydrogens (tertiary/aromatic N) is 4. The third-order valence-corrected chi connectivity index (χ3v) is 4.48. The lowest BCUT2D eigenvalue weighted by molar-refractivity contribution is 0.0952. The van der Waals surface area contributed by atoms with Gasteiger partial charge in [-0.25, -0.2) is 14.6 Å². The largest absolute Gasteiger partial charge is 0.494 e. The zero-order chi connectivity index (χ0) is 20.8. The maximum absolute atomic E-state index is 12.3. The summed E-state index contributed by atoms with van der Waals surface area (Å²) in [4.78, 5) is 21.0. The molecule has 2 N–H and O–H groups in total. The summed E-state index contributed by atoms with van der Waals surface area (Å²) >= 11 is 0. The van der Waals surface area contributed by atoms with E-state index in [1.165, 1.54) is 6.33 Å². The summed E-state index contributed by atoms with van der Waals surface area (Å²) in [5, 5.41) is 11.3. The van der Waals surface area contributed by atoms with Crippen LogP contribution in [0.2, 0.25) is 0 Å². The lowest BCUT2D eigenvalue weighted by Gasteiger charge is -2.08. The molecule has 4 rings (SSSR count). The highest BCUT2D eigenvalue weighted by molar-refractivity contribution is 5.94. The highest BCUT2D eigenvalue weighted by Crippen LogP contribution is 2.19. The van der Waals surface area contributed by atoms with Crippen molar-refractivity contribution < 1.29 is 13.9 Å². The van der Waals surface area contributed by atoms with Crippen molar-refractivity contribution in [1.82, 2.24) is 25.1 Å². The van der Waals surface area contributed by atoms with Gasteiger partial charge < -0.3 is 19.8 Å². The zero-order valence-corrected chi connectivity index (χ0v) is 16.5. The van der Waals surface area contributed by atoms with Gasteiger partial charge in [-0.3, -0.25) is 4.79 Å². The van der Waals surface area contributed by atoms with Gasteiger partial charge in [-0.05, 0) is 43.3 Å². The minimum atomic E-state index is -0.148. The van der Waals surface area contributed by atoms with E-state index in [1.54, 1.807) is 41.4 Å². The second-order valence-corrected chi connectivity index (χ2v) is 6.47. The van der Waals surface area contributed by atoms with E-state index >= 15 is 0 Å². The molecule has 1 aromatic carbocycles. The van der Waals surface area contributed by atoms with Gasteiger partial charge in [-0.2, -0.15) is 5.10 Å². The number of hydrogen-bond donors (Lipinski definition) is 2. The Hall–Kier alpha value is -3.88. The third kappa shape index (κ3) is 4.40. The number of aromatic nitrogens is 4. The molecule has 0 fully saturated rings. The van der Waals surface area contributed by atoms with E-state index < -0.39 is 0 Å². The van der Waals surface area contributed by atoms with Crippen molar-refractivity contribution in [3.8, 4) is 5.75 Å². The Morgan fingerprint density at radius 1 is 1.20 bits per heavy atom. The predicted octanol–water partition coefficient (Wildman–Crippen LogP) is 2.86. The molecule has 0 aliphatic heterocycles. The average molecular weight is 406 g/mol. The normalized spacial score (nSPS) is 10.8. The van der Waals surface area contributed by atoms with Crippen molar-refractivity contribution in [2.45, 2.75) is 20.0 Å². The fraction of sp³-hybridized carbons (Fsp3) is 0.238. The first kappa shape index (κ1) is 19.4. The van der Waals surface area contributed by atoms with Gasteiger partial charge in [0, 0.05) is 12.1 Å². The summed E-state index contributed by atoms with van der Waals surface area (Å²) in [7, 11) is 0. The van der Waals surface area contributed by atoms with Crippen molar-refractivity contribution in [3.63, 3.8) is 0 Å². The molecule has 0 aliphatic rings. The van der Waals surface area contributed by atoms with Crippen LogP contribution in [0.5, 0.6) is 5.75 Å². The fourth-order valence-electron chi connectivity index (χ4n) is 3.03. The zero-order valence-electron chi connectivity index (χ0n) is 16.5. The monoisotopic (exact) mass is 406 g/mol. The minimum Gasteiger partial charge on any atom is -0.494 e. The smallest absolute Gasteiger partial charge is 0.251 e. The summed E-state index contributed by atoms with van der Waals surface area (Å²) in [5.74, 6) is 2.09. The molecule has 0 saturated heterocycles. The van der Waals surface area contributed by atoms with Gasteiger partial charge in [0.15, 0.2) is 5.65 Å². The summed E-state index contributed by atoms with van der Waals surface area (Å²) in [6.45, 7) is 3.93. The molecule has 0 atom stereocenters. The number of amides is 1. The molecule has 154 valence electrons. The van der Waals surface area contributed by atoms with Crippen LogP contribution in [0, 0.1) is 0 Å². The number of ether oxygens (including phenoxy) is 1. The number of anilines is 1. The molecule has 0 saturated carbocycles. The highest BCUT2D eigenvalue weighted by Gasteiger charge is 2.11. The van der Waals surface area contributed by atoms with Crippen molar-refractivity contribution in [2.24, 2.45) is 0 Å². The first-order valence-electron chi connectivity index (χ1n) is 9.68. The molecule has 0 bridgehead atoms. The number of carbonyl (C=O) groups excluding carboxylic acids is 1. The molecule has 0 radical (unpaired) electrons. The van der Waals surface area contributed by atoms with Crippen LogP contribution in [0.3, 0.4) is 0 Å². The van der Waals surface area contributed by atoms with Crippen LogP contribution in [0.15, 0.2) is 59.6 Å². The Bertz CT molecular complexity index is 1110. The van der Waals surface area contributed by atoms with Gasteiger partial charge in [0.2, 0.25) is 0 Å². The second-order valence-electron chi connectivity index (χ2n) is 6.47. The predicted molar refractivity (Wildman–Crippen MR) is 111 cm³/mol. The molecule has 30 heavy (non-hydrogen) atoms. The molecule has 0 unspecified atom stereocenters. The van der Waals surface area contributed by atoms with Crippen LogP contribution in [-0.2, 0) is 13.1 Å². The van der Waals surface area contributed by atoms with E-state index in [0.717, 1.165) is 16.9 Å². The molecule has 0 spiro atoms. The summed E-state index contributed by atoms with van der Waals surface area (Å²) in [5.41, 5.74) is 1.28. The highest BCUT2D eigenvalue weighted by atomic mass is 16.5. The molecular formula is C21H22N6O3. The average Bonchev–Trinajstić information content (AvgIpc) is 3.43. The van der Waals surface area contributed by atoms with Crippen LogP contribution < -0.4 is 15.4 Å². The number of carbonyl (C=O) groups is 1. The van der Waals surface area contributed by atoms with Crippen LogP contribution >= 0.6 is 0 Å². The van der Waals surface area contributed by atoms with E-state index in [1.807, 2.05) is 19.1 Å². The van der Waals surface area contributed by atoms with E-state index in [0.29, 0.717) is 43.3 Å². The minimum absolute atomic E-state index is 0.148. The maximum atomic E-state index is 12.3. The van der Waals surface area contributed by atoms with E-state index in [-0.39, 0.29) is 5.91 Å². The van der Waals surface area contributed by atoms with E-state index in [9.17, 15) is 4.79 Å². The number of rotatable bonds is 9. The van der Waals surface area contributed by atoms with E-state index in [4.69, 9.17) is 9.15 Å². The topological polar surface area (TPSA) is 107 Å². The Morgan fingerprint density at radius 2 is 2.07 bits per heavy atom. The molecule has 3 aromatic heterocycles. The first-order valence-corrected chi connectivity index (χ1v) is 9.68. The van der Waals surface area contributed by atoms with Crippen LogP contribution in [0.1, 0.15) is 23.0 Å². The molecule has 9 nitrogen and oxygen atoms in total. The molecular weight excluding hydrogens is 384 g/mol.